The van der Waals surface area contributed by atoms with E-state index in [1.54, 1.807) is 0 Å². The molecule has 2 rings (SSSR count). The lowest BCUT2D eigenvalue weighted by Gasteiger charge is -2.22. The second kappa shape index (κ2) is 7.20. The molecule has 2 heterocycles. The Labute approximate surface area is 123 Å². The summed E-state index contributed by atoms with van der Waals surface area (Å²) in [6, 6.07) is 1.92. The van der Waals surface area contributed by atoms with Crippen molar-refractivity contribution < 1.29 is 4.74 Å². The van der Waals surface area contributed by atoms with Crippen molar-refractivity contribution in [1.82, 2.24) is 9.97 Å². The van der Waals surface area contributed by atoms with Gasteiger partial charge in [-0.05, 0) is 41.6 Å². The van der Waals surface area contributed by atoms with E-state index in [2.05, 4.69) is 45.1 Å². The average Bonchev–Trinajstić information content (AvgIpc) is 2.39. The molecule has 0 radical (unpaired) electrons. The minimum Gasteiger partial charge on any atom is -0.378 e. The van der Waals surface area contributed by atoms with Gasteiger partial charge in [0.25, 0.3) is 0 Å². The molecule has 106 valence electrons. The molecule has 1 aliphatic rings. The van der Waals surface area contributed by atoms with E-state index in [0.717, 1.165) is 35.8 Å². The topological polar surface area (TPSA) is 47.0 Å². The van der Waals surface area contributed by atoms with Crippen LogP contribution in [0.5, 0.6) is 0 Å². The van der Waals surface area contributed by atoms with E-state index in [1.807, 2.05) is 6.07 Å². The van der Waals surface area contributed by atoms with Gasteiger partial charge in [0.15, 0.2) is 0 Å². The number of anilines is 1. The Morgan fingerprint density at radius 1 is 1.42 bits per heavy atom. The standard InChI is InChI=1S/C14H22BrN3O/c1-10(2)14-17-12(15)9-13(18-14)16-7-6-11-5-3-4-8-19-11/h9-11H,3-8H2,1-2H3,(H,16,17,18). The highest BCUT2D eigenvalue weighted by Gasteiger charge is 2.13. The molecule has 1 atom stereocenters. The molecular weight excluding hydrogens is 306 g/mol. The van der Waals surface area contributed by atoms with Gasteiger partial charge in [-0.1, -0.05) is 13.8 Å². The van der Waals surface area contributed by atoms with Crippen LogP contribution in [0.25, 0.3) is 0 Å². The van der Waals surface area contributed by atoms with Gasteiger partial charge in [0.05, 0.1) is 6.10 Å². The van der Waals surface area contributed by atoms with Gasteiger partial charge in [0, 0.05) is 25.1 Å². The molecule has 1 aromatic heterocycles. The molecule has 1 saturated heterocycles. The van der Waals surface area contributed by atoms with Crippen LogP contribution in [0.3, 0.4) is 0 Å². The van der Waals surface area contributed by atoms with E-state index in [-0.39, 0.29) is 0 Å². The zero-order valence-electron chi connectivity index (χ0n) is 11.7. The van der Waals surface area contributed by atoms with Gasteiger partial charge in [-0.3, -0.25) is 0 Å². The lowest BCUT2D eigenvalue weighted by molar-refractivity contribution is 0.0134. The summed E-state index contributed by atoms with van der Waals surface area (Å²) in [5.41, 5.74) is 0. The fraction of sp³-hybridized carbons (Fsp3) is 0.714. The lowest BCUT2D eigenvalue weighted by atomic mass is 10.1. The van der Waals surface area contributed by atoms with Crippen molar-refractivity contribution in [3.63, 3.8) is 0 Å². The summed E-state index contributed by atoms with van der Waals surface area (Å²) in [4.78, 5) is 8.89. The average molecular weight is 328 g/mol. The molecule has 1 fully saturated rings. The molecule has 1 aromatic rings. The zero-order chi connectivity index (χ0) is 13.7. The second-order valence-corrected chi connectivity index (χ2v) is 6.11. The van der Waals surface area contributed by atoms with Crippen LogP contribution in [0.2, 0.25) is 0 Å². The molecule has 0 aromatic carbocycles. The van der Waals surface area contributed by atoms with E-state index >= 15 is 0 Å². The third-order valence-corrected chi connectivity index (χ3v) is 3.68. The number of halogens is 1. The van der Waals surface area contributed by atoms with Gasteiger partial charge in [0.2, 0.25) is 0 Å². The normalized spacial score (nSPS) is 19.7. The van der Waals surface area contributed by atoms with Crippen molar-refractivity contribution in [2.75, 3.05) is 18.5 Å². The number of nitrogens with zero attached hydrogens (tertiary/aromatic N) is 2. The van der Waals surface area contributed by atoms with E-state index in [4.69, 9.17) is 4.74 Å². The predicted octanol–water partition coefficient (Wildman–Crippen LogP) is 3.73. The van der Waals surface area contributed by atoms with Crippen molar-refractivity contribution in [3.8, 4) is 0 Å². The summed E-state index contributed by atoms with van der Waals surface area (Å²) < 4.78 is 6.56. The quantitative estimate of drug-likeness (QED) is 0.837. The number of hydrogen-bond donors (Lipinski definition) is 1. The Bertz CT molecular complexity index is 406. The Morgan fingerprint density at radius 3 is 2.95 bits per heavy atom. The van der Waals surface area contributed by atoms with Crippen molar-refractivity contribution in [2.24, 2.45) is 0 Å². The van der Waals surface area contributed by atoms with E-state index in [0.29, 0.717) is 12.0 Å². The van der Waals surface area contributed by atoms with Gasteiger partial charge >= 0.3 is 0 Å². The Balaban J connectivity index is 1.84. The summed E-state index contributed by atoms with van der Waals surface area (Å²) >= 11 is 3.43. The van der Waals surface area contributed by atoms with Crippen LogP contribution in [0.4, 0.5) is 5.82 Å². The van der Waals surface area contributed by atoms with Crippen LogP contribution < -0.4 is 5.32 Å². The van der Waals surface area contributed by atoms with Crippen LogP contribution in [-0.4, -0.2) is 29.2 Å². The van der Waals surface area contributed by atoms with Gasteiger partial charge < -0.3 is 10.1 Å². The number of aromatic nitrogens is 2. The molecule has 0 saturated carbocycles. The number of rotatable bonds is 5. The Kier molecular flexibility index (Phi) is 5.58. The fourth-order valence-electron chi connectivity index (χ4n) is 2.18. The van der Waals surface area contributed by atoms with Crippen LogP contribution in [0.1, 0.15) is 51.3 Å². The highest BCUT2D eigenvalue weighted by atomic mass is 79.9. The SMILES string of the molecule is CC(C)c1nc(Br)cc(NCCC2CCCCO2)n1. The summed E-state index contributed by atoms with van der Waals surface area (Å²) in [6.45, 7) is 6.01. The molecule has 1 unspecified atom stereocenters. The maximum Gasteiger partial charge on any atom is 0.134 e. The maximum atomic E-state index is 5.72. The van der Waals surface area contributed by atoms with E-state index in [1.165, 1.54) is 19.3 Å². The first kappa shape index (κ1) is 14.7. The third kappa shape index (κ3) is 4.73. The van der Waals surface area contributed by atoms with Crippen molar-refractivity contribution in [1.29, 1.82) is 0 Å². The monoisotopic (exact) mass is 327 g/mol. The minimum absolute atomic E-state index is 0.333. The van der Waals surface area contributed by atoms with E-state index in [9.17, 15) is 0 Å². The van der Waals surface area contributed by atoms with E-state index < -0.39 is 0 Å². The van der Waals surface area contributed by atoms with Crippen LogP contribution >= 0.6 is 15.9 Å². The van der Waals surface area contributed by atoms with Gasteiger partial charge in [-0.2, -0.15) is 0 Å². The highest BCUT2D eigenvalue weighted by Crippen LogP contribution is 2.19. The van der Waals surface area contributed by atoms with Crippen molar-refractivity contribution in [2.45, 2.75) is 51.6 Å². The number of hydrogen-bond acceptors (Lipinski definition) is 4. The van der Waals surface area contributed by atoms with Crippen molar-refractivity contribution >= 4 is 21.7 Å². The summed E-state index contributed by atoms with van der Waals surface area (Å²) in [7, 11) is 0. The summed E-state index contributed by atoms with van der Waals surface area (Å²) in [5, 5.41) is 3.37. The summed E-state index contributed by atoms with van der Waals surface area (Å²) in [6.07, 6.45) is 5.14. The molecule has 19 heavy (non-hydrogen) atoms. The van der Waals surface area contributed by atoms with Crippen LogP contribution in [0, 0.1) is 0 Å². The first-order valence-electron chi connectivity index (χ1n) is 7.05. The highest BCUT2D eigenvalue weighted by molar-refractivity contribution is 9.10. The number of ether oxygens (including phenoxy) is 1. The lowest BCUT2D eigenvalue weighted by Crippen LogP contribution is -2.22. The largest absolute Gasteiger partial charge is 0.378 e. The minimum atomic E-state index is 0.333. The Morgan fingerprint density at radius 2 is 2.26 bits per heavy atom. The number of nitrogens with one attached hydrogen (secondary N) is 1. The first-order valence-corrected chi connectivity index (χ1v) is 7.84. The molecular formula is C14H22BrN3O. The van der Waals surface area contributed by atoms with Gasteiger partial charge in [-0.25, -0.2) is 9.97 Å². The molecule has 1 aliphatic heterocycles. The molecule has 0 aliphatic carbocycles. The third-order valence-electron chi connectivity index (χ3n) is 3.28. The van der Waals surface area contributed by atoms with Gasteiger partial charge in [-0.15, -0.1) is 0 Å². The zero-order valence-corrected chi connectivity index (χ0v) is 13.2. The molecule has 0 bridgehead atoms. The molecule has 1 N–H and O–H groups in total. The molecule has 0 spiro atoms. The summed E-state index contributed by atoms with van der Waals surface area (Å²) in [5.74, 6) is 2.09. The molecule has 4 nitrogen and oxygen atoms in total. The van der Waals surface area contributed by atoms with Crippen molar-refractivity contribution in [3.05, 3.63) is 16.5 Å². The van der Waals surface area contributed by atoms with Crippen LogP contribution in [-0.2, 0) is 4.74 Å². The van der Waals surface area contributed by atoms with Crippen LogP contribution in [0.15, 0.2) is 10.7 Å². The smallest absolute Gasteiger partial charge is 0.134 e. The maximum absolute atomic E-state index is 5.72. The molecule has 5 heteroatoms. The fourth-order valence-corrected chi connectivity index (χ4v) is 2.58. The Hall–Kier alpha value is -0.680. The second-order valence-electron chi connectivity index (χ2n) is 5.29. The van der Waals surface area contributed by atoms with Gasteiger partial charge in [0.1, 0.15) is 16.2 Å². The predicted molar refractivity (Wildman–Crippen MR) is 80.5 cm³/mol. The molecule has 0 amide bonds. The first-order chi connectivity index (χ1) is 9.15.